The highest BCUT2D eigenvalue weighted by molar-refractivity contribution is 5.12. The third-order valence-electron chi connectivity index (χ3n) is 3.36. The number of rotatable bonds is 7. The van der Waals surface area contributed by atoms with E-state index in [0.29, 0.717) is 6.54 Å². The van der Waals surface area contributed by atoms with Crippen LogP contribution in [-0.2, 0) is 13.1 Å². The first kappa shape index (κ1) is 12.7. The molecule has 1 aromatic rings. The lowest BCUT2D eigenvalue weighted by Gasteiger charge is -2.21. The fourth-order valence-corrected chi connectivity index (χ4v) is 2.07. The molecule has 0 amide bonds. The second-order valence-corrected chi connectivity index (χ2v) is 5.51. The van der Waals surface area contributed by atoms with E-state index >= 15 is 0 Å². The van der Waals surface area contributed by atoms with Gasteiger partial charge in [-0.15, -0.1) is 0 Å². The zero-order valence-corrected chi connectivity index (χ0v) is 11.0. The van der Waals surface area contributed by atoms with Gasteiger partial charge >= 0.3 is 0 Å². The molecule has 1 heterocycles. The predicted molar refractivity (Wildman–Crippen MR) is 69.5 cm³/mol. The Morgan fingerprint density at radius 1 is 1.47 bits per heavy atom. The van der Waals surface area contributed by atoms with Gasteiger partial charge in [0.15, 0.2) is 0 Å². The molecule has 1 aliphatic carbocycles. The van der Waals surface area contributed by atoms with E-state index in [9.17, 15) is 0 Å². The number of furan rings is 1. The third-order valence-corrected chi connectivity index (χ3v) is 3.36. The van der Waals surface area contributed by atoms with Gasteiger partial charge in [0.05, 0.1) is 12.8 Å². The summed E-state index contributed by atoms with van der Waals surface area (Å²) in [5.41, 5.74) is 6.69. The molecular weight excluding hydrogens is 212 g/mol. The Kier molecular flexibility index (Phi) is 4.24. The summed E-state index contributed by atoms with van der Waals surface area (Å²) >= 11 is 0. The maximum Gasteiger partial charge on any atom is 0.118 e. The van der Waals surface area contributed by atoms with Crippen LogP contribution < -0.4 is 5.73 Å². The summed E-state index contributed by atoms with van der Waals surface area (Å²) in [4.78, 5) is 2.55. The first-order chi connectivity index (χ1) is 8.19. The van der Waals surface area contributed by atoms with Gasteiger partial charge in [0.2, 0.25) is 0 Å². The van der Waals surface area contributed by atoms with Crippen LogP contribution in [0, 0.1) is 5.92 Å². The van der Waals surface area contributed by atoms with Crippen molar-refractivity contribution < 1.29 is 4.42 Å². The van der Waals surface area contributed by atoms with Gasteiger partial charge in [-0.2, -0.15) is 0 Å². The first-order valence-electron chi connectivity index (χ1n) is 6.69. The van der Waals surface area contributed by atoms with E-state index < -0.39 is 0 Å². The Bertz CT molecular complexity index is 342. The van der Waals surface area contributed by atoms with Gasteiger partial charge in [-0.05, 0) is 37.8 Å². The van der Waals surface area contributed by atoms with Crippen LogP contribution in [0.5, 0.6) is 0 Å². The highest BCUT2D eigenvalue weighted by Gasteiger charge is 2.29. The lowest BCUT2D eigenvalue weighted by Crippen LogP contribution is -2.27. The standard InChI is InChI=1S/C14H24N2O/c1-11(2)5-6-16(13-3-4-13)9-14-7-12(8-15)10-17-14/h7,10-11,13H,3-6,8-9,15H2,1-2H3. The molecule has 0 radical (unpaired) electrons. The normalized spacial score (nSPS) is 16.1. The number of hydrogen-bond acceptors (Lipinski definition) is 3. The Hall–Kier alpha value is -0.800. The van der Waals surface area contributed by atoms with Gasteiger partial charge in [-0.3, -0.25) is 4.90 Å². The molecule has 1 fully saturated rings. The molecule has 96 valence electrons. The van der Waals surface area contributed by atoms with Gasteiger partial charge in [-0.1, -0.05) is 13.8 Å². The van der Waals surface area contributed by atoms with Crippen LogP contribution in [0.3, 0.4) is 0 Å². The topological polar surface area (TPSA) is 42.4 Å². The lowest BCUT2D eigenvalue weighted by molar-refractivity contribution is 0.221. The lowest BCUT2D eigenvalue weighted by atomic mass is 10.1. The van der Waals surface area contributed by atoms with Gasteiger partial charge in [0, 0.05) is 18.2 Å². The quantitative estimate of drug-likeness (QED) is 0.791. The third kappa shape index (κ3) is 3.86. The zero-order valence-electron chi connectivity index (χ0n) is 11.0. The molecule has 1 saturated carbocycles. The van der Waals surface area contributed by atoms with Crippen LogP contribution in [-0.4, -0.2) is 17.5 Å². The molecule has 1 aliphatic rings. The van der Waals surface area contributed by atoms with Crippen LogP contribution in [0.4, 0.5) is 0 Å². The zero-order chi connectivity index (χ0) is 12.3. The van der Waals surface area contributed by atoms with Gasteiger partial charge in [0.1, 0.15) is 5.76 Å². The van der Waals surface area contributed by atoms with Crippen LogP contribution in [0.2, 0.25) is 0 Å². The van der Waals surface area contributed by atoms with Crippen molar-refractivity contribution in [1.29, 1.82) is 0 Å². The van der Waals surface area contributed by atoms with E-state index in [2.05, 4.69) is 24.8 Å². The molecule has 0 aromatic carbocycles. The van der Waals surface area contributed by atoms with Crippen molar-refractivity contribution in [3.63, 3.8) is 0 Å². The van der Waals surface area contributed by atoms with Crippen LogP contribution in [0.15, 0.2) is 16.7 Å². The molecule has 0 saturated heterocycles. The van der Waals surface area contributed by atoms with E-state index in [1.54, 1.807) is 6.26 Å². The monoisotopic (exact) mass is 236 g/mol. The Morgan fingerprint density at radius 3 is 2.76 bits per heavy atom. The molecule has 0 unspecified atom stereocenters. The summed E-state index contributed by atoms with van der Waals surface area (Å²) in [5, 5.41) is 0. The summed E-state index contributed by atoms with van der Waals surface area (Å²) in [5.74, 6) is 1.83. The Morgan fingerprint density at radius 2 is 2.24 bits per heavy atom. The van der Waals surface area contributed by atoms with Crippen molar-refractivity contribution in [3.05, 3.63) is 23.7 Å². The average molecular weight is 236 g/mol. The van der Waals surface area contributed by atoms with E-state index in [4.69, 9.17) is 10.2 Å². The van der Waals surface area contributed by atoms with Crippen molar-refractivity contribution in [1.82, 2.24) is 4.90 Å². The number of hydrogen-bond donors (Lipinski definition) is 1. The molecule has 0 bridgehead atoms. The smallest absolute Gasteiger partial charge is 0.118 e. The van der Waals surface area contributed by atoms with E-state index in [1.807, 2.05) is 0 Å². The average Bonchev–Trinajstić information content (AvgIpc) is 3.04. The van der Waals surface area contributed by atoms with E-state index in [-0.39, 0.29) is 0 Å². The molecule has 17 heavy (non-hydrogen) atoms. The Labute approximate surface area is 104 Å². The minimum atomic E-state index is 0.568. The molecular formula is C14H24N2O. The van der Waals surface area contributed by atoms with Crippen molar-refractivity contribution >= 4 is 0 Å². The van der Waals surface area contributed by atoms with Crippen molar-refractivity contribution in [3.8, 4) is 0 Å². The summed E-state index contributed by atoms with van der Waals surface area (Å²) < 4.78 is 5.55. The molecule has 2 N–H and O–H groups in total. The van der Waals surface area contributed by atoms with Crippen LogP contribution in [0.25, 0.3) is 0 Å². The first-order valence-corrected chi connectivity index (χ1v) is 6.69. The summed E-state index contributed by atoms with van der Waals surface area (Å²) in [6.07, 6.45) is 5.74. The number of nitrogens with zero attached hydrogens (tertiary/aromatic N) is 1. The van der Waals surface area contributed by atoms with Crippen molar-refractivity contribution in [2.24, 2.45) is 11.7 Å². The minimum Gasteiger partial charge on any atom is -0.468 e. The number of nitrogens with two attached hydrogens (primary N) is 1. The molecule has 1 aromatic heterocycles. The second kappa shape index (κ2) is 5.69. The summed E-state index contributed by atoms with van der Waals surface area (Å²) in [7, 11) is 0. The second-order valence-electron chi connectivity index (χ2n) is 5.51. The fourth-order valence-electron chi connectivity index (χ4n) is 2.07. The maximum atomic E-state index is 5.59. The van der Waals surface area contributed by atoms with Gasteiger partial charge in [-0.25, -0.2) is 0 Å². The predicted octanol–water partition coefficient (Wildman–Crippen LogP) is 2.75. The summed E-state index contributed by atoms with van der Waals surface area (Å²) in [6.45, 7) is 7.26. The Balaban J connectivity index is 1.88. The highest BCUT2D eigenvalue weighted by atomic mass is 16.3. The molecule has 2 rings (SSSR count). The van der Waals surface area contributed by atoms with Crippen LogP contribution in [0.1, 0.15) is 44.4 Å². The highest BCUT2D eigenvalue weighted by Crippen LogP contribution is 2.29. The molecule has 0 spiro atoms. The molecule has 3 nitrogen and oxygen atoms in total. The maximum absolute atomic E-state index is 5.59. The van der Waals surface area contributed by atoms with Crippen LogP contribution >= 0.6 is 0 Å². The molecule has 0 atom stereocenters. The molecule has 0 aliphatic heterocycles. The SMILES string of the molecule is CC(C)CCN(Cc1cc(CN)co1)C1CC1. The minimum absolute atomic E-state index is 0.568. The summed E-state index contributed by atoms with van der Waals surface area (Å²) in [6, 6.07) is 2.88. The largest absolute Gasteiger partial charge is 0.468 e. The fraction of sp³-hybridized carbons (Fsp3) is 0.714. The van der Waals surface area contributed by atoms with Crippen molar-refractivity contribution in [2.75, 3.05) is 6.54 Å². The van der Waals surface area contributed by atoms with Crippen molar-refractivity contribution in [2.45, 2.75) is 52.2 Å². The van der Waals surface area contributed by atoms with Gasteiger partial charge < -0.3 is 10.2 Å². The molecule has 3 heteroatoms. The van der Waals surface area contributed by atoms with E-state index in [1.165, 1.54) is 25.8 Å². The van der Waals surface area contributed by atoms with E-state index in [0.717, 1.165) is 29.8 Å². The van der Waals surface area contributed by atoms with Gasteiger partial charge in [0.25, 0.3) is 0 Å².